The van der Waals surface area contributed by atoms with E-state index in [0.717, 1.165) is 13.1 Å². The number of hydrogen-bond acceptors (Lipinski definition) is 10. The van der Waals surface area contributed by atoms with Crippen LogP contribution in [-0.2, 0) is 4.74 Å². The summed E-state index contributed by atoms with van der Waals surface area (Å²) in [6, 6.07) is 3.68. The summed E-state index contributed by atoms with van der Waals surface area (Å²) in [7, 11) is 1.53. The molecule has 0 radical (unpaired) electrons. The predicted octanol–water partition coefficient (Wildman–Crippen LogP) is 0.291. The zero-order valence-electron chi connectivity index (χ0n) is 13.7. The van der Waals surface area contributed by atoms with E-state index in [1.807, 2.05) is 6.07 Å². The van der Waals surface area contributed by atoms with Crippen LogP contribution in [0.15, 0.2) is 18.5 Å². The fourth-order valence-corrected chi connectivity index (χ4v) is 2.28. The molecule has 0 saturated carbocycles. The number of ether oxygens (including phenoxy) is 2. The van der Waals surface area contributed by atoms with E-state index in [2.05, 4.69) is 36.1 Å². The minimum Gasteiger partial charge on any atom is -0.478 e. The lowest BCUT2D eigenvalue weighted by atomic mass is 10.3. The summed E-state index contributed by atoms with van der Waals surface area (Å²) in [4.78, 5) is 8.04. The van der Waals surface area contributed by atoms with Crippen LogP contribution in [0.25, 0.3) is 0 Å². The number of nitrogens with one attached hydrogen (secondary N) is 3. The number of hydrogen-bond donors (Lipinski definition) is 3. The summed E-state index contributed by atoms with van der Waals surface area (Å²) in [5.74, 6) is 1.33. The zero-order valence-corrected chi connectivity index (χ0v) is 13.7. The second-order valence-electron chi connectivity index (χ2n) is 5.25. The van der Waals surface area contributed by atoms with Gasteiger partial charge in [-0.15, -0.1) is 10.2 Å². The van der Waals surface area contributed by atoms with Crippen LogP contribution < -0.4 is 20.7 Å². The summed E-state index contributed by atoms with van der Waals surface area (Å²) in [6.07, 6.45) is 2.91. The number of methoxy groups -OCH3 is 1. The van der Waals surface area contributed by atoms with Gasteiger partial charge in [-0.1, -0.05) is 0 Å². The number of nitrogens with zero attached hydrogens (tertiary/aromatic N) is 5. The number of rotatable bonds is 6. The Morgan fingerprint density at radius 3 is 2.96 bits per heavy atom. The fraction of sp³-hybridized carbons (Fsp3) is 0.400. The second kappa shape index (κ2) is 8.18. The third-order valence-corrected chi connectivity index (χ3v) is 3.50. The molecule has 1 aliphatic heterocycles. The molecule has 10 heteroatoms. The molecule has 1 saturated heterocycles. The van der Waals surface area contributed by atoms with Crippen LogP contribution in [0.2, 0.25) is 0 Å². The van der Waals surface area contributed by atoms with Gasteiger partial charge in [-0.25, -0.2) is 9.97 Å². The molecule has 3 heterocycles. The average molecular weight is 342 g/mol. The van der Waals surface area contributed by atoms with Gasteiger partial charge in [-0.2, -0.15) is 5.26 Å². The summed E-state index contributed by atoms with van der Waals surface area (Å²) >= 11 is 0. The van der Waals surface area contributed by atoms with Crippen molar-refractivity contribution in [2.24, 2.45) is 0 Å². The van der Waals surface area contributed by atoms with E-state index in [1.54, 1.807) is 6.07 Å². The fourth-order valence-electron chi connectivity index (χ4n) is 2.28. The first-order valence-electron chi connectivity index (χ1n) is 7.75. The lowest BCUT2D eigenvalue weighted by molar-refractivity contribution is 0.0372. The van der Waals surface area contributed by atoms with Crippen molar-refractivity contribution >= 4 is 17.3 Å². The summed E-state index contributed by atoms with van der Waals surface area (Å²) in [5.41, 5.74) is 0.936. The minimum absolute atomic E-state index is 0.0763. The lowest BCUT2D eigenvalue weighted by Gasteiger charge is -2.24. The molecule has 0 aromatic carbocycles. The van der Waals surface area contributed by atoms with Crippen LogP contribution in [-0.4, -0.2) is 59.6 Å². The van der Waals surface area contributed by atoms with Gasteiger partial charge in [0, 0.05) is 25.7 Å². The molecule has 3 rings (SSSR count). The van der Waals surface area contributed by atoms with E-state index in [-0.39, 0.29) is 11.8 Å². The highest BCUT2D eigenvalue weighted by molar-refractivity contribution is 5.61. The Morgan fingerprint density at radius 2 is 2.28 bits per heavy atom. The van der Waals surface area contributed by atoms with Crippen molar-refractivity contribution in [2.45, 2.75) is 6.10 Å². The second-order valence-corrected chi connectivity index (χ2v) is 5.25. The molecule has 1 atom stereocenters. The van der Waals surface area contributed by atoms with Crippen LogP contribution >= 0.6 is 0 Å². The van der Waals surface area contributed by atoms with Crippen LogP contribution in [0.4, 0.5) is 17.3 Å². The molecule has 0 aliphatic carbocycles. The number of morpholine rings is 1. The number of anilines is 3. The molecular weight excluding hydrogens is 324 g/mol. The van der Waals surface area contributed by atoms with Crippen molar-refractivity contribution in [1.29, 1.82) is 5.26 Å². The van der Waals surface area contributed by atoms with Gasteiger partial charge in [0.05, 0.1) is 32.2 Å². The third kappa shape index (κ3) is 4.50. The Kier molecular flexibility index (Phi) is 5.50. The van der Waals surface area contributed by atoms with Crippen LogP contribution in [0.3, 0.4) is 0 Å². The van der Waals surface area contributed by atoms with Crippen molar-refractivity contribution in [3.8, 4) is 11.9 Å². The first kappa shape index (κ1) is 16.8. The van der Waals surface area contributed by atoms with E-state index >= 15 is 0 Å². The van der Waals surface area contributed by atoms with Crippen molar-refractivity contribution in [1.82, 2.24) is 25.5 Å². The molecule has 10 nitrogen and oxygen atoms in total. The minimum atomic E-state index is 0.0763. The van der Waals surface area contributed by atoms with Gasteiger partial charge < -0.3 is 25.4 Å². The highest BCUT2D eigenvalue weighted by atomic mass is 16.5. The molecule has 1 fully saturated rings. The van der Waals surface area contributed by atoms with Gasteiger partial charge >= 0.3 is 0 Å². The molecule has 0 spiro atoms. The van der Waals surface area contributed by atoms with E-state index in [9.17, 15) is 0 Å². The molecule has 0 amide bonds. The smallest absolute Gasteiger partial charge is 0.256 e. The predicted molar refractivity (Wildman–Crippen MR) is 89.7 cm³/mol. The highest BCUT2D eigenvalue weighted by Gasteiger charge is 2.15. The van der Waals surface area contributed by atoms with E-state index in [1.165, 1.54) is 19.5 Å². The van der Waals surface area contributed by atoms with Crippen LogP contribution in [0, 0.1) is 11.3 Å². The molecular formula is C15H18N8O2. The topological polar surface area (TPSA) is 130 Å². The van der Waals surface area contributed by atoms with Gasteiger partial charge in [0.25, 0.3) is 5.88 Å². The molecule has 2 aromatic heterocycles. The van der Waals surface area contributed by atoms with E-state index in [0.29, 0.717) is 36.4 Å². The van der Waals surface area contributed by atoms with Gasteiger partial charge in [-0.05, 0) is 0 Å². The monoisotopic (exact) mass is 342 g/mol. The maximum atomic E-state index is 8.75. The Labute approximate surface area is 144 Å². The van der Waals surface area contributed by atoms with Crippen molar-refractivity contribution in [3.63, 3.8) is 0 Å². The van der Waals surface area contributed by atoms with Gasteiger partial charge in [0.15, 0.2) is 11.5 Å². The summed E-state index contributed by atoms with van der Waals surface area (Å²) < 4.78 is 10.9. The standard InChI is InChI=1S/C15H18N8O2/c1-24-15-12(19-8-11-7-17-2-3-25-11)4-13(22-23-15)21-14-9-18-10(5-16)6-20-14/h4,6,9,11,17H,2-3,7-8H2,1H3,(H2,19,20,21,22)/t11-/m1/s1. The van der Waals surface area contributed by atoms with Gasteiger partial charge in [0.1, 0.15) is 17.6 Å². The maximum Gasteiger partial charge on any atom is 0.256 e. The first-order valence-corrected chi connectivity index (χ1v) is 7.75. The Balaban J connectivity index is 1.68. The normalized spacial score (nSPS) is 16.7. The Hall–Kier alpha value is -3.03. The van der Waals surface area contributed by atoms with Gasteiger partial charge in [-0.3, -0.25) is 0 Å². The lowest BCUT2D eigenvalue weighted by Crippen LogP contribution is -2.42. The molecule has 1 aliphatic rings. The number of nitriles is 1. The summed E-state index contributed by atoms with van der Waals surface area (Å²) in [5, 5.41) is 26.4. The largest absolute Gasteiger partial charge is 0.478 e. The molecule has 25 heavy (non-hydrogen) atoms. The average Bonchev–Trinajstić information content (AvgIpc) is 2.68. The maximum absolute atomic E-state index is 8.75. The van der Waals surface area contributed by atoms with Gasteiger partial charge in [0.2, 0.25) is 0 Å². The quantitative estimate of drug-likeness (QED) is 0.673. The summed E-state index contributed by atoms with van der Waals surface area (Å²) in [6.45, 7) is 2.98. The molecule has 0 bridgehead atoms. The van der Waals surface area contributed by atoms with Crippen LogP contribution in [0.5, 0.6) is 5.88 Å². The van der Waals surface area contributed by atoms with Crippen molar-refractivity contribution in [2.75, 3.05) is 44.0 Å². The molecule has 3 N–H and O–H groups in total. The Morgan fingerprint density at radius 1 is 1.36 bits per heavy atom. The molecule has 0 unspecified atom stereocenters. The van der Waals surface area contributed by atoms with E-state index in [4.69, 9.17) is 14.7 Å². The van der Waals surface area contributed by atoms with Crippen LogP contribution in [0.1, 0.15) is 5.69 Å². The zero-order chi connectivity index (χ0) is 17.5. The van der Waals surface area contributed by atoms with Crippen molar-refractivity contribution in [3.05, 3.63) is 24.2 Å². The number of aromatic nitrogens is 4. The Bertz CT molecular complexity index is 740. The third-order valence-electron chi connectivity index (χ3n) is 3.50. The van der Waals surface area contributed by atoms with E-state index < -0.39 is 0 Å². The molecule has 2 aromatic rings. The first-order chi connectivity index (χ1) is 12.3. The van der Waals surface area contributed by atoms with Crippen molar-refractivity contribution < 1.29 is 9.47 Å². The SMILES string of the molecule is COc1nnc(Nc2cnc(C#N)cn2)cc1NC[C@H]1CNCCO1. The molecule has 130 valence electrons. The highest BCUT2D eigenvalue weighted by Crippen LogP contribution is 2.24.